The standard InChI is InChI=1S/C16H23N5O3S/c1-12-5-6-13(24-4)14(11-12)25(22,23)20-16-8-7-15(18-19-16)17-9-10-21(2)3/h5-8,11H,9-10H2,1-4H3,(H,17,18)(H,19,20). The lowest BCUT2D eigenvalue weighted by Crippen LogP contribution is -2.21. The Hall–Kier alpha value is -2.39. The quantitative estimate of drug-likeness (QED) is 0.733. The van der Waals surface area contributed by atoms with Crippen LogP contribution in [0.25, 0.3) is 0 Å². The Balaban J connectivity index is 2.12. The lowest BCUT2D eigenvalue weighted by molar-refractivity contribution is 0.402. The molecule has 0 atom stereocenters. The second-order valence-electron chi connectivity index (χ2n) is 5.79. The number of sulfonamides is 1. The summed E-state index contributed by atoms with van der Waals surface area (Å²) in [6, 6.07) is 8.18. The molecule has 0 aliphatic carbocycles. The number of aryl methyl sites for hydroxylation is 1. The number of benzene rings is 1. The summed E-state index contributed by atoms with van der Waals surface area (Å²) in [6.45, 7) is 3.38. The fraction of sp³-hybridized carbons (Fsp3) is 0.375. The van der Waals surface area contributed by atoms with Gasteiger partial charge in [0.25, 0.3) is 10.0 Å². The maximum atomic E-state index is 12.6. The van der Waals surface area contributed by atoms with Crippen molar-refractivity contribution in [1.82, 2.24) is 15.1 Å². The molecule has 2 N–H and O–H groups in total. The Morgan fingerprint density at radius 3 is 2.40 bits per heavy atom. The van der Waals surface area contributed by atoms with Crippen LogP contribution in [0.3, 0.4) is 0 Å². The molecule has 2 aromatic rings. The van der Waals surface area contributed by atoms with Crippen LogP contribution in [0.5, 0.6) is 5.75 Å². The van der Waals surface area contributed by atoms with Gasteiger partial charge in [-0.3, -0.25) is 4.72 Å². The largest absolute Gasteiger partial charge is 0.495 e. The minimum Gasteiger partial charge on any atom is -0.495 e. The average Bonchev–Trinajstić information content (AvgIpc) is 2.56. The second-order valence-corrected chi connectivity index (χ2v) is 7.44. The van der Waals surface area contributed by atoms with Gasteiger partial charge in [-0.2, -0.15) is 0 Å². The molecule has 1 aromatic heterocycles. The zero-order chi connectivity index (χ0) is 18.4. The summed E-state index contributed by atoms with van der Waals surface area (Å²) in [6.07, 6.45) is 0. The molecule has 0 saturated heterocycles. The van der Waals surface area contributed by atoms with Crippen molar-refractivity contribution in [3.63, 3.8) is 0 Å². The number of nitrogens with one attached hydrogen (secondary N) is 2. The van der Waals surface area contributed by atoms with E-state index in [-0.39, 0.29) is 16.5 Å². The molecule has 0 aliphatic heterocycles. The fourth-order valence-electron chi connectivity index (χ4n) is 2.08. The van der Waals surface area contributed by atoms with Crippen molar-refractivity contribution in [2.45, 2.75) is 11.8 Å². The van der Waals surface area contributed by atoms with E-state index in [1.807, 2.05) is 25.9 Å². The molecule has 0 bridgehead atoms. The van der Waals surface area contributed by atoms with Crippen LogP contribution in [0.2, 0.25) is 0 Å². The fourth-order valence-corrected chi connectivity index (χ4v) is 3.33. The molecule has 0 aliphatic rings. The Bertz CT molecular complexity index is 807. The van der Waals surface area contributed by atoms with Crippen LogP contribution in [-0.4, -0.2) is 57.8 Å². The van der Waals surface area contributed by atoms with Crippen LogP contribution in [0.1, 0.15) is 5.56 Å². The smallest absolute Gasteiger partial charge is 0.266 e. The minimum atomic E-state index is -3.82. The summed E-state index contributed by atoms with van der Waals surface area (Å²) >= 11 is 0. The van der Waals surface area contributed by atoms with E-state index in [1.54, 1.807) is 30.3 Å². The molecule has 136 valence electrons. The topological polar surface area (TPSA) is 96.5 Å². The molecule has 9 heteroatoms. The highest BCUT2D eigenvalue weighted by molar-refractivity contribution is 7.92. The van der Waals surface area contributed by atoms with Crippen LogP contribution in [0, 0.1) is 6.92 Å². The molecule has 0 unspecified atom stereocenters. The number of rotatable bonds is 8. The summed E-state index contributed by atoms with van der Waals surface area (Å²) in [5.74, 6) is 0.993. The lowest BCUT2D eigenvalue weighted by Gasteiger charge is -2.12. The maximum Gasteiger partial charge on any atom is 0.266 e. The highest BCUT2D eigenvalue weighted by Crippen LogP contribution is 2.26. The normalized spacial score (nSPS) is 11.4. The molecule has 1 aromatic carbocycles. The Kier molecular flexibility index (Phi) is 6.16. The molecule has 0 amide bonds. The van der Waals surface area contributed by atoms with Gasteiger partial charge in [0.1, 0.15) is 16.5 Å². The summed E-state index contributed by atoms with van der Waals surface area (Å²) in [7, 11) is 1.56. The number of aromatic nitrogens is 2. The first-order chi connectivity index (χ1) is 11.8. The maximum absolute atomic E-state index is 12.6. The highest BCUT2D eigenvalue weighted by atomic mass is 32.2. The van der Waals surface area contributed by atoms with Crippen LogP contribution >= 0.6 is 0 Å². The molecular formula is C16H23N5O3S. The predicted octanol–water partition coefficient (Wildman–Crippen LogP) is 1.57. The lowest BCUT2D eigenvalue weighted by atomic mass is 10.2. The van der Waals surface area contributed by atoms with Gasteiger partial charge in [0, 0.05) is 13.1 Å². The average molecular weight is 365 g/mol. The molecule has 0 radical (unpaired) electrons. The van der Waals surface area contributed by atoms with Crippen molar-refractivity contribution in [3.05, 3.63) is 35.9 Å². The van der Waals surface area contributed by atoms with Crippen molar-refractivity contribution >= 4 is 21.7 Å². The van der Waals surface area contributed by atoms with E-state index in [4.69, 9.17) is 4.74 Å². The summed E-state index contributed by atoms with van der Waals surface area (Å²) in [4.78, 5) is 2.10. The molecule has 2 rings (SSSR count). The highest BCUT2D eigenvalue weighted by Gasteiger charge is 2.20. The number of nitrogens with zero attached hydrogens (tertiary/aromatic N) is 3. The van der Waals surface area contributed by atoms with Crippen molar-refractivity contribution < 1.29 is 13.2 Å². The monoisotopic (exact) mass is 365 g/mol. The van der Waals surface area contributed by atoms with Gasteiger partial charge in [-0.1, -0.05) is 6.07 Å². The first kappa shape index (κ1) is 18.9. The third-order valence-electron chi connectivity index (χ3n) is 3.38. The summed E-state index contributed by atoms with van der Waals surface area (Å²) in [5.41, 5.74) is 0.813. The van der Waals surface area contributed by atoms with Gasteiger partial charge in [0.05, 0.1) is 7.11 Å². The van der Waals surface area contributed by atoms with E-state index in [1.165, 1.54) is 7.11 Å². The SMILES string of the molecule is COc1ccc(C)cc1S(=O)(=O)Nc1ccc(NCCN(C)C)nn1. The van der Waals surface area contributed by atoms with Gasteiger partial charge in [0.2, 0.25) is 0 Å². The molecule has 8 nitrogen and oxygen atoms in total. The number of methoxy groups -OCH3 is 1. The minimum absolute atomic E-state index is 0.0602. The Labute approximate surface area is 148 Å². The van der Waals surface area contributed by atoms with Crippen LogP contribution in [-0.2, 0) is 10.0 Å². The Morgan fingerprint density at radius 1 is 1.12 bits per heavy atom. The first-order valence-corrected chi connectivity index (χ1v) is 9.20. The zero-order valence-electron chi connectivity index (χ0n) is 14.8. The van der Waals surface area contributed by atoms with E-state index < -0.39 is 10.0 Å². The van der Waals surface area contributed by atoms with Crippen LogP contribution in [0.4, 0.5) is 11.6 Å². The van der Waals surface area contributed by atoms with Crippen molar-refractivity contribution in [2.75, 3.05) is 44.3 Å². The number of likely N-dealkylation sites (N-methyl/N-ethyl adjacent to an activating group) is 1. The molecular weight excluding hydrogens is 342 g/mol. The number of anilines is 2. The van der Waals surface area contributed by atoms with Gasteiger partial charge in [0.15, 0.2) is 5.82 Å². The number of hydrogen-bond donors (Lipinski definition) is 2. The van der Waals surface area contributed by atoms with Gasteiger partial charge >= 0.3 is 0 Å². The molecule has 0 saturated carbocycles. The van der Waals surface area contributed by atoms with Crippen LogP contribution < -0.4 is 14.8 Å². The number of ether oxygens (including phenoxy) is 1. The van der Waals surface area contributed by atoms with E-state index in [9.17, 15) is 8.42 Å². The third-order valence-corrected chi connectivity index (χ3v) is 4.75. The molecule has 0 fully saturated rings. The summed E-state index contributed by atoms with van der Waals surface area (Å²) in [5, 5.41) is 11.0. The van der Waals surface area contributed by atoms with E-state index in [0.717, 1.165) is 12.1 Å². The van der Waals surface area contributed by atoms with Gasteiger partial charge in [-0.15, -0.1) is 10.2 Å². The number of hydrogen-bond acceptors (Lipinski definition) is 7. The van der Waals surface area contributed by atoms with E-state index >= 15 is 0 Å². The Morgan fingerprint density at radius 2 is 1.80 bits per heavy atom. The third kappa shape index (κ3) is 5.30. The van der Waals surface area contributed by atoms with Gasteiger partial charge < -0.3 is 15.0 Å². The van der Waals surface area contributed by atoms with E-state index in [2.05, 4.69) is 20.2 Å². The zero-order valence-corrected chi connectivity index (χ0v) is 15.6. The van der Waals surface area contributed by atoms with Gasteiger partial charge in [-0.25, -0.2) is 8.42 Å². The summed E-state index contributed by atoms with van der Waals surface area (Å²) < 4.78 is 32.7. The predicted molar refractivity (Wildman–Crippen MR) is 97.6 cm³/mol. The molecule has 1 heterocycles. The van der Waals surface area contributed by atoms with E-state index in [0.29, 0.717) is 12.4 Å². The second kappa shape index (κ2) is 8.13. The van der Waals surface area contributed by atoms with Crippen LogP contribution in [0.15, 0.2) is 35.2 Å². The molecule has 25 heavy (non-hydrogen) atoms. The van der Waals surface area contributed by atoms with Crippen molar-refractivity contribution in [1.29, 1.82) is 0 Å². The van der Waals surface area contributed by atoms with Crippen molar-refractivity contribution in [3.8, 4) is 5.75 Å². The first-order valence-electron chi connectivity index (χ1n) is 7.71. The van der Waals surface area contributed by atoms with Gasteiger partial charge in [-0.05, 0) is 50.8 Å². The van der Waals surface area contributed by atoms with Crippen molar-refractivity contribution in [2.24, 2.45) is 0 Å². The molecule has 0 spiro atoms.